The van der Waals surface area contributed by atoms with Crippen molar-refractivity contribution in [1.29, 1.82) is 0 Å². The lowest BCUT2D eigenvalue weighted by Crippen LogP contribution is -2.44. The average Bonchev–Trinajstić information content (AvgIpc) is 1.79. The Kier molecular flexibility index (Phi) is 4.33. The van der Waals surface area contributed by atoms with Crippen LogP contribution in [0.15, 0.2) is 0 Å². The maximum atomic E-state index is 11.5. The SMILES string of the molecule is CN(C)CC(=O)O[Si](C)(C)C(C)(C)C. The van der Waals surface area contributed by atoms with Gasteiger partial charge >= 0.3 is 5.97 Å². The lowest BCUT2D eigenvalue weighted by atomic mass is 10.2. The van der Waals surface area contributed by atoms with Crippen LogP contribution in [0.5, 0.6) is 0 Å². The quantitative estimate of drug-likeness (QED) is 0.678. The zero-order valence-corrected chi connectivity index (χ0v) is 11.5. The van der Waals surface area contributed by atoms with E-state index in [1.54, 1.807) is 0 Å². The number of carbonyl (C=O) groups is 1. The van der Waals surface area contributed by atoms with Crippen LogP contribution in [0, 0.1) is 0 Å². The Morgan fingerprint density at radius 2 is 1.71 bits per heavy atom. The van der Waals surface area contributed by atoms with Crippen LogP contribution in [0.2, 0.25) is 18.1 Å². The third kappa shape index (κ3) is 4.24. The first-order chi connectivity index (χ1) is 6.06. The molecule has 0 aromatic rings. The number of hydrogen-bond donors (Lipinski definition) is 0. The summed E-state index contributed by atoms with van der Waals surface area (Å²) in [5.74, 6) is -0.110. The molecule has 0 fully saturated rings. The van der Waals surface area contributed by atoms with Crippen LogP contribution in [0.3, 0.4) is 0 Å². The Hall–Kier alpha value is -0.353. The first-order valence-electron chi connectivity index (χ1n) is 4.93. The molecule has 0 heterocycles. The molecule has 0 radical (unpaired) electrons. The lowest BCUT2D eigenvalue weighted by Gasteiger charge is -2.35. The van der Waals surface area contributed by atoms with Crippen molar-refractivity contribution in [3.8, 4) is 0 Å². The molecule has 0 saturated carbocycles. The molecule has 4 heteroatoms. The van der Waals surface area contributed by atoms with E-state index < -0.39 is 8.32 Å². The molecule has 0 aliphatic heterocycles. The van der Waals surface area contributed by atoms with Crippen LogP contribution in [0.1, 0.15) is 20.8 Å². The highest BCUT2D eigenvalue weighted by atomic mass is 28.4. The van der Waals surface area contributed by atoms with E-state index >= 15 is 0 Å². The van der Waals surface area contributed by atoms with E-state index in [4.69, 9.17) is 4.43 Å². The minimum Gasteiger partial charge on any atom is -0.518 e. The molecule has 0 saturated heterocycles. The maximum absolute atomic E-state index is 11.5. The molecule has 0 aliphatic rings. The first-order valence-corrected chi connectivity index (χ1v) is 7.83. The second-order valence-electron chi connectivity index (χ2n) is 5.47. The molecular formula is C10H23NO2Si. The Balaban J connectivity index is 4.30. The highest BCUT2D eigenvalue weighted by Crippen LogP contribution is 2.36. The van der Waals surface area contributed by atoms with Gasteiger partial charge in [-0.2, -0.15) is 0 Å². The topological polar surface area (TPSA) is 29.5 Å². The fraction of sp³-hybridized carbons (Fsp3) is 0.900. The monoisotopic (exact) mass is 217 g/mol. The fourth-order valence-electron chi connectivity index (χ4n) is 0.728. The van der Waals surface area contributed by atoms with Gasteiger partial charge in [-0.25, -0.2) is 0 Å². The van der Waals surface area contributed by atoms with Gasteiger partial charge in [0.2, 0.25) is 0 Å². The molecule has 0 atom stereocenters. The fourth-order valence-corrected chi connectivity index (χ4v) is 1.67. The number of likely N-dealkylation sites (N-methyl/N-ethyl adjacent to an activating group) is 1. The van der Waals surface area contributed by atoms with E-state index in [2.05, 4.69) is 33.9 Å². The van der Waals surface area contributed by atoms with Crippen molar-refractivity contribution in [3.63, 3.8) is 0 Å². The van der Waals surface area contributed by atoms with Crippen LogP contribution in [0.25, 0.3) is 0 Å². The van der Waals surface area contributed by atoms with Crippen LogP contribution in [-0.2, 0) is 9.22 Å². The normalized spacial score (nSPS) is 13.1. The molecule has 0 bridgehead atoms. The minimum absolute atomic E-state index is 0.0922. The molecule has 0 aliphatic carbocycles. The third-order valence-corrected chi connectivity index (χ3v) is 6.97. The maximum Gasteiger partial charge on any atom is 0.306 e. The van der Waals surface area contributed by atoms with Gasteiger partial charge in [-0.3, -0.25) is 9.69 Å². The highest BCUT2D eigenvalue weighted by molar-refractivity contribution is 6.75. The third-order valence-electron chi connectivity index (χ3n) is 2.62. The summed E-state index contributed by atoms with van der Waals surface area (Å²) < 4.78 is 5.57. The molecule has 0 aromatic heterocycles. The summed E-state index contributed by atoms with van der Waals surface area (Å²) >= 11 is 0. The molecule has 0 unspecified atom stereocenters. The summed E-state index contributed by atoms with van der Waals surface area (Å²) in [7, 11) is 1.82. The zero-order chi connectivity index (χ0) is 11.6. The largest absolute Gasteiger partial charge is 0.518 e. The summed E-state index contributed by atoms with van der Waals surface area (Å²) in [5, 5.41) is 0.0922. The molecule has 3 nitrogen and oxygen atoms in total. The number of rotatable bonds is 3. The standard InChI is InChI=1S/C10H23NO2Si/c1-10(2,3)14(6,7)13-9(12)8-11(4)5/h8H2,1-7H3. The van der Waals surface area contributed by atoms with Crippen molar-refractivity contribution in [2.45, 2.75) is 38.9 Å². The van der Waals surface area contributed by atoms with Crippen LogP contribution >= 0.6 is 0 Å². The van der Waals surface area contributed by atoms with Gasteiger partial charge in [-0.05, 0) is 32.2 Å². The minimum atomic E-state index is -1.91. The van der Waals surface area contributed by atoms with Gasteiger partial charge in [0.05, 0.1) is 6.54 Å². The summed E-state index contributed by atoms with van der Waals surface area (Å²) in [6.07, 6.45) is 0. The molecule has 0 amide bonds. The van der Waals surface area contributed by atoms with Gasteiger partial charge in [0.15, 0.2) is 0 Å². The number of carbonyl (C=O) groups excluding carboxylic acids is 1. The van der Waals surface area contributed by atoms with E-state index in [1.165, 1.54) is 0 Å². The molecule has 0 N–H and O–H groups in total. The van der Waals surface area contributed by atoms with Gasteiger partial charge in [0, 0.05) is 0 Å². The van der Waals surface area contributed by atoms with E-state index in [9.17, 15) is 4.79 Å². The van der Waals surface area contributed by atoms with Crippen LogP contribution in [0.4, 0.5) is 0 Å². The van der Waals surface area contributed by atoms with Crippen LogP contribution < -0.4 is 0 Å². The number of nitrogens with zero attached hydrogens (tertiary/aromatic N) is 1. The Morgan fingerprint density at radius 1 is 1.29 bits per heavy atom. The van der Waals surface area contributed by atoms with E-state index in [0.717, 1.165) is 0 Å². The highest BCUT2D eigenvalue weighted by Gasteiger charge is 2.40. The Morgan fingerprint density at radius 3 is 2.00 bits per heavy atom. The summed E-state index contributed by atoms with van der Waals surface area (Å²) in [4.78, 5) is 13.3. The smallest absolute Gasteiger partial charge is 0.306 e. The predicted octanol–water partition coefficient (Wildman–Crippen LogP) is 2.10. The van der Waals surface area contributed by atoms with Crippen molar-refractivity contribution in [3.05, 3.63) is 0 Å². The van der Waals surface area contributed by atoms with Crippen molar-refractivity contribution < 1.29 is 9.22 Å². The summed E-state index contributed by atoms with van der Waals surface area (Å²) in [6, 6.07) is 0. The molecule has 0 rings (SSSR count). The molecule has 84 valence electrons. The van der Waals surface area contributed by atoms with Gasteiger partial charge in [-0.15, -0.1) is 0 Å². The summed E-state index contributed by atoms with van der Waals surface area (Å²) in [6.45, 7) is 10.9. The lowest BCUT2D eigenvalue weighted by molar-refractivity contribution is -0.136. The van der Waals surface area contributed by atoms with Gasteiger partial charge in [0.1, 0.15) is 0 Å². The second kappa shape index (κ2) is 4.44. The second-order valence-corrected chi connectivity index (χ2v) is 10.2. The Bertz CT molecular complexity index is 207. The molecule has 0 spiro atoms. The molecular weight excluding hydrogens is 194 g/mol. The van der Waals surface area contributed by atoms with Gasteiger partial charge in [-0.1, -0.05) is 20.8 Å². The Labute approximate surface area is 88.6 Å². The van der Waals surface area contributed by atoms with Gasteiger partial charge in [0.25, 0.3) is 8.32 Å². The van der Waals surface area contributed by atoms with Gasteiger partial charge < -0.3 is 4.43 Å². The average molecular weight is 217 g/mol. The molecule has 0 aromatic carbocycles. The first kappa shape index (κ1) is 13.6. The van der Waals surface area contributed by atoms with E-state index in [1.807, 2.05) is 19.0 Å². The number of hydrogen-bond acceptors (Lipinski definition) is 3. The zero-order valence-electron chi connectivity index (χ0n) is 10.5. The van der Waals surface area contributed by atoms with E-state index in [0.29, 0.717) is 6.54 Å². The van der Waals surface area contributed by atoms with Crippen molar-refractivity contribution >= 4 is 14.3 Å². The van der Waals surface area contributed by atoms with Crippen molar-refractivity contribution in [1.82, 2.24) is 4.90 Å². The van der Waals surface area contributed by atoms with Crippen molar-refractivity contribution in [2.24, 2.45) is 0 Å². The molecule has 14 heavy (non-hydrogen) atoms. The van der Waals surface area contributed by atoms with Crippen molar-refractivity contribution in [2.75, 3.05) is 20.6 Å². The predicted molar refractivity (Wildman–Crippen MR) is 61.8 cm³/mol. The van der Waals surface area contributed by atoms with Crippen LogP contribution in [-0.4, -0.2) is 39.8 Å². The van der Waals surface area contributed by atoms with E-state index in [-0.39, 0.29) is 11.0 Å². The summed E-state index contributed by atoms with van der Waals surface area (Å²) in [5.41, 5.74) is 0.